The number of hydrogen-bond acceptors (Lipinski definition) is 4. The van der Waals surface area contributed by atoms with E-state index >= 15 is 0 Å². The number of aryl methyl sites for hydroxylation is 1. The van der Waals surface area contributed by atoms with Gasteiger partial charge < -0.3 is 9.88 Å². The van der Waals surface area contributed by atoms with Crippen LogP contribution in [-0.4, -0.2) is 32.4 Å². The van der Waals surface area contributed by atoms with Gasteiger partial charge in [-0.05, 0) is 67.7 Å². The zero-order valence-corrected chi connectivity index (χ0v) is 19.2. The van der Waals surface area contributed by atoms with Crippen LogP contribution in [0.25, 0.3) is 44.2 Å². The second-order valence-electron chi connectivity index (χ2n) is 9.21. The lowest BCUT2D eigenvalue weighted by molar-refractivity contribution is 0.337. The maximum Gasteiger partial charge on any atom is 0.0991 e. The third kappa shape index (κ3) is 3.64. The van der Waals surface area contributed by atoms with Crippen LogP contribution in [0.15, 0.2) is 67.1 Å². The minimum absolute atomic E-state index is 0.658. The molecular formula is C28H26N6. The fraction of sp³-hybridized carbons (Fsp3) is 0.250. The van der Waals surface area contributed by atoms with Gasteiger partial charge in [0.25, 0.3) is 0 Å². The topological polar surface area (TPSA) is 71.5 Å². The summed E-state index contributed by atoms with van der Waals surface area (Å²) in [6.07, 6.45) is 8.67. The highest BCUT2D eigenvalue weighted by Crippen LogP contribution is 2.38. The molecule has 0 atom stereocenters. The van der Waals surface area contributed by atoms with Crippen LogP contribution in [0, 0.1) is 17.2 Å². The minimum Gasteiger partial charge on any atom is -0.346 e. The van der Waals surface area contributed by atoms with Gasteiger partial charge in [-0.25, -0.2) is 0 Å². The summed E-state index contributed by atoms with van der Waals surface area (Å²) < 4.78 is 4.20. The zero-order chi connectivity index (χ0) is 23.1. The summed E-state index contributed by atoms with van der Waals surface area (Å²) in [7, 11) is 1.94. The second kappa shape index (κ2) is 8.44. The molecule has 0 radical (unpaired) electrons. The standard InChI is InChI=1S/C28H26N6/c1-33-18-23-14-22(6-7-25(23)32-33)28-27(21-4-2-19(15-29)3-5-21)24-10-13-34(26(24)16-31-28)17-20-8-11-30-12-9-20/h2-7,10,13-14,16,18,20,30H,8-9,11-12,17H2,1H3. The summed E-state index contributed by atoms with van der Waals surface area (Å²) in [5.41, 5.74) is 6.97. The highest BCUT2D eigenvalue weighted by molar-refractivity contribution is 6.02. The van der Waals surface area contributed by atoms with Crippen molar-refractivity contribution in [1.82, 2.24) is 24.6 Å². The number of hydrogen-bond donors (Lipinski definition) is 1. The zero-order valence-electron chi connectivity index (χ0n) is 19.2. The Kier molecular flexibility index (Phi) is 5.12. The lowest BCUT2D eigenvalue weighted by Crippen LogP contribution is -2.29. The lowest BCUT2D eigenvalue weighted by Gasteiger charge is -2.23. The SMILES string of the molecule is Cn1cc2cc(-c3ncc4c(ccn4CC4CCNCC4)c3-c3ccc(C#N)cc3)ccc2n1. The normalized spacial score (nSPS) is 14.6. The average molecular weight is 447 g/mol. The summed E-state index contributed by atoms with van der Waals surface area (Å²) >= 11 is 0. The Hall–Kier alpha value is -3.95. The molecule has 1 N–H and O–H groups in total. The molecule has 34 heavy (non-hydrogen) atoms. The Balaban J connectivity index is 1.52. The van der Waals surface area contributed by atoms with E-state index in [9.17, 15) is 5.26 Å². The molecule has 6 heteroatoms. The van der Waals surface area contributed by atoms with E-state index in [4.69, 9.17) is 4.98 Å². The lowest BCUT2D eigenvalue weighted by atomic mass is 9.95. The van der Waals surface area contributed by atoms with Crippen LogP contribution >= 0.6 is 0 Å². The largest absolute Gasteiger partial charge is 0.346 e. The van der Waals surface area contributed by atoms with Gasteiger partial charge in [-0.3, -0.25) is 9.67 Å². The Morgan fingerprint density at radius 3 is 2.65 bits per heavy atom. The molecule has 0 spiro atoms. The highest BCUT2D eigenvalue weighted by atomic mass is 15.2. The summed E-state index contributed by atoms with van der Waals surface area (Å²) in [6, 6.07) is 18.6. The molecule has 4 heterocycles. The predicted molar refractivity (Wildman–Crippen MR) is 135 cm³/mol. The van der Waals surface area contributed by atoms with Crippen LogP contribution < -0.4 is 5.32 Å². The maximum absolute atomic E-state index is 9.29. The first-order valence-electron chi connectivity index (χ1n) is 11.8. The minimum atomic E-state index is 0.658. The summed E-state index contributed by atoms with van der Waals surface area (Å²) in [5.74, 6) is 0.683. The smallest absolute Gasteiger partial charge is 0.0991 e. The quantitative estimate of drug-likeness (QED) is 0.416. The van der Waals surface area contributed by atoms with E-state index in [1.807, 2.05) is 48.4 Å². The molecule has 2 aromatic carbocycles. The predicted octanol–water partition coefficient (Wildman–Crippen LogP) is 5.13. The number of nitrogens with zero attached hydrogens (tertiary/aromatic N) is 5. The van der Waals surface area contributed by atoms with Crippen molar-refractivity contribution in [2.45, 2.75) is 19.4 Å². The molecule has 0 unspecified atom stereocenters. The van der Waals surface area contributed by atoms with E-state index in [0.29, 0.717) is 11.5 Å². The van der Waals surface area contributed by atoms with Crippen molar-refractivity contribution in [1.29, 1.82) is 5.26 Å². The molecule has 6 rings (SSSR count). The third-order valence-electron chi connectivity index (χ3n) is 6.94. The Bertz CT molecular complexity index is 1530. The number of benzene rings is 2. The van der Waals surface area contributed by atoms with E-state index in [-0.39, 0.29) is 0 Å². The number of pyridine rings is 1. The molecule has 0 amide bonds. The fourth-order valence-electron chi connectivity index (χ4n) is 5.18. The molecule has 3 aromatic heterocycles. The third-order valence-corrected chi connectivity index (χ3v) is 6.94. The summed E-state index contributed by atoms with van der Waals surface area (Å²) in [6.45, 7) is 3.21. The van der Waals surface area contributed by atoms with Gasteiger partial charge >= 0.3 is 0 Å². The Morgan fingerprint density at radius 1 is 1.06 bits per heavy atom. The van der Waals surface area contributed by atoms with Crippen LogP contribution in [0.3, 0.4) is 0 Å². The van der Waals surface area contributed by atoms with Gasteiger partial charge in [0.05, 0.1) is 34.6 Å². The molecule has 1 aliphatic rings. The van der Waals surface area contributed by atoms with Gasteiger partial charge in [-0.1, -0.05) is 18.2 Å². The van der Waals surface area contributed by atoms with Crippen LogP contribution in [0.2, 0.25) is 0 Å². The van der Waals surface area contributed by atoms with Crippen molar-refractivity contribution in [2.24, 2.45) is 13.0 Å². The molecular weight excluding hydrogens is 420 g/mol. The van der Waals surface area contributed by atoms with Crippen molar-refractivity contribution < 1.29 is 0 Å². The highest BCUT2D eigenvalue weighted by Gasteiger charge is 2.19. The first-order chi connectivity index (χ1) is 16.7. The number of fused-ring (bicyclic) bond motifs is 2. The summed E-state index contributed by atoms with van der Waals surface area (Å²) in [5, 5.41) is 19.5. The molecule has 0 bridgehead atoms. The molecule has 0 saturated carbocycles. The van der Waals surface area contributed by atoms with E-state index < -0.39 is 0 Å². The number of nitriles is 1. The Morgan fingerprint density at radius 2 is 1.85 bits per heavy atom. The van der Waals surface area contributed by atoms with Crippen LogP contribution in [0.5, 0.6) is 0 Å². The van der Waals surface area contributed by atoms with Crippen LogP contribution in [-0.2, 0) is 13.6 Å². The molecule has 0 aliphatic carbocycles. The molecule has 5 aromatic rings. The van der Waals surface area contributed by atoms with Gasteiger partial charge in [0, 0.05) is 47.9 Å². The van der Waals surface area contributed by atoms with Crippen molar-refractivity contribution >= 4 is 21.8 Å². The van der Waals surface area contributed by atoms with Gasteiger partial charge in [0.1, 0.15) is 0 Å². The van der Waals surface area contributed by atoms with Gasteiger partial charge in [-0.2, -0.15) is 10.4 Å². The molecule has 168 valence electrons. The second-order valence-corrected chi connectivity index (χ2v) is 9.21. The van der Waals surface area contributed by atoms with E-state index in [1.165, 1.54) is 18.2 Å². The molecule has 1 fully saturated rings. The first-order valence-corrected chi connectivity index (χ1v) is 11.8. The molecule has 1 aliphatic heterocycles. The number of aromatic nitrogens is 4. The number of nitrogens with one attached hydrogen (secondary N) is 1. The van der Waals surface area contributed by atoms with Crippen LogP contribution in [0.4, 0.5) is 0 Å². The summed E-state index contributed by atoms with van der Waals surface area (Å²) in [4.78, 5) is 5.01. The van der Waals surface area contributed by atoms with Gasteiger partial charge in [0.2, 0.25) is 0 Å². The van der Waals surface area contributed by atoms with Crippen molar-refractivity contribution in [2.75, 3.05) is 13.1 Å². The molecule has 6 nitrogen and oxygen atoms in total. The number of piperidine rings is 1. The van der Waals surface area contributed by atoms with E-state index in [0.717, 1.165) is 58.4 Å². The average Bonchev–Trinajstić information content (AvgIpc) is 3.46. The number of rotatable bonds is 4. The van der Waals surface area contributed by atoms with E-state index in [2.05, 4.69) is 51.5 Å². The maximum atomic E-state index is 9.29. The van der Waals surface area contributed by atoms with Crippen molar-refractivity contribution in [3.05, 3.63) is 72.7 Å². The van der Waals surface area contributed by atoms with Crippen LogP contribution in [0.1, 0.15) is 18.4 Å². The van der Waals surface area contributed by atoms with Gasteiger partial charge in [-0.15, -0.1) is 0 Å². The van der Waals surface area contributed by atoms with Crippen molar-refractivity contribution in [3.8, 4) is 28.5 Å². The fourth-order valence-corrected chi connectivity index (χ4v) is 5.18. The van der Waals surface area contributed by atoms with Gasteiger partial charge in [0.15, 0.2) is 0 Å². The monoisotopic (exact) mass is 446 g/mol. The first kappa shape index (κ1) is 20.6. The molecule has 1 saturated heterocycles. The Labute approximate surface area is 198 Å². The van der Waals surface area contributed by atoms with E-state index in [1.54, 1.807) is 0 Å². The van der Waals surface area contributed by atoms with Crippen molar-refractivity contribution in [3.63, 3.8) is 0 Å².